The molecule has 0 aliphatic heterocycles. The molecule has 2 nitrogen and oxygen atoms in total. The molecule has 0 fully saturated rings. The molecule has 0 spiro atoms. The Hall–Kier alpha value is -0.0200. The highest BCUT2D eigenvalue weighted by atomic mass is 32.3. The van der Waals surface area contributed by atoms with Gasteiger partial charge in [0.2, 0.25) is 0 Å². The van der Waals surface area contributed by atoms with E-state index in [1.54, 1.807) is 0 Å². The Kier molecular flexibility index (Phi) is 6.43. The van der Waals surface area contributed by atoms with Crippen molar-refractivity contribution in [2.45, 2.75) is 25.8 Å². The molecule has 0 bridgehead atoms. The summed E-state index contributed by atoms with van der Waals surface area (Å²) in [5.41, 5.74) is 0. The van der Waals surface area contributed by atoms with Gasteiger partial charge in [-0.1, -0.05) is 13.3 Å². The van der Waals surface area contributed by atoms with Crippen molar-refractivity contribution in [2.24, 2.45) is 4.99 Å². The van der Waals surface area contributed by atoms with Crippen LogP contribution < -0.4 is 5.32 Å². The largest absolute Gasteiger partial charge is 0.301 e. The lowest BCUT2D eigenvalue weighted by Gasteiger charge is -2.27. The summed E-state index contributed by atoms with van der Waals surface area (Å²) in [7, 11) is 1.41. The van der Waals surface area contributed by atoms with Crippen molar-refractivity contribution in [2.75, 3.05) is 31.7 Å². The average Bonchev–Trinajstić information content (AvgIpc) is 2.00. The van der Waals surface area contributed by atoms with Crippen LogP contribution in [0, 0.1) is 0 Å². The van der Waals surface area contributed by atoms with E-state index in [2.05, 4.69) is 36.0 Å². The van der Waals surface area contributed by atoms with Gasteiger partial charge in [0, 0.05) is 25.2 Å². The molecule has 0 radical (unpaired) electrons. The van der Waals surface area contributed by atoms with Crippen LogP contribution in [0.15, 0.2) is 4.99 Å². The van der Waals surface area contributed by atoms with Crippen molar-refractivity contribution in [3.8, 4) is 0 Å². The molecule has 0 amide bonds. The van der Waals surface area contributed by atoms with E-state index < -0.39 is 10.0 Å². The second-order valence-corrected chi connectivity index (χ2v) is 8.71. The summed E-state index contributed by atoms with van der Waals surface area (Å²) >= 11 is 0. The Bertz CT molecular complexity index is 149. The van der Waals surface area contributed by atoms with Crippen LogP contribution in [0.3, 0.4) is 0 Å². The van der Waals surface area contributed by atoms with E-state index in [9.17, 15) is 0 Å². The second kappa shape index (κ2) is 6.44. The van der Waals surface area contributed by atoms with Crippen LogP contribution in [0.5, 0.6) is 0 Å². The van der Waals surface area contributed by atoms with Gasteiger partial charge in [0.15, 0.2) is 0 Å². The number of hydrogen-bond acceptors (Lipinski definition) is 2. The monoisotopic (exact) mass is 204 g/mol. The highest BCUT2D eigenvalue weighted by Crippen LogP contribution is 2.32. The minimum Gasteiger partial charge on any atom is -0.301 e. The lowest BCUT2D eigenvalue weighted by atomic mass is 10.2. The predicted molar refractivity (Wildman–Crippen MR) is 66.5 cm³/mol. The van der Waals surface area contributed by atoms with Gasteiger partial charge in [-0.25, -0.2) is 10.0 Å². The Balaban J connectivity index is 3.82. The quantitative estimate of drug-likeness (QED) is 0.658. The van der Waals surface area contributed by atoms with Crippen molar-refractivity contribution in [1.29, 1.82) is 0 Å². The van der Waals surface area contributed by atoms with Gasteiger partial charge in [-0.05, 0) is 25.2 Å². The fourth-order valence-corrected chi connectivity index (χ4v) is 1.79. The molecule has 1 unspecified atom stereocenters. The Morgan fingerprint density at radius 3 is 2.38 bits per heavy atom. The van der Waals surface area contributed by atoms with E-state index in [1.165, 1.54) is 12.8 Å². The number of rotatable bonds is 6. The van der Waals surface area contributed by atoms with E-state index in [0.717, 1.165) is 5.88 Å². The van der Waals surface area contributed by atoms with Crippen LogP contribution in [-0.2, 0) is 0 Å². The fourth-order valence-electron chi connectivity index (χ4n) is 1.08. The number of hydrogen-bond donors (Lipinski definition) is 1. The molecule has 0 aromatic carbocycles. The van der Waals surface area contributed by atoms with Gasteiger partial charge in [0.05, 0.1) is 0 Å². The van der Waals surface area contributed by atoms with Gasteiger partial charge < -0.3 is 5.32 Å². The van der Waals surface area contributed by atoms with Gasteiger partial charge in [0.1, 0.15) is 0 Å². The summed E-state index contributed by atoms with van der Waals surface area (Å²) in [5.74, 6) is 1.13. The molecule has 13 heavy (non-hydrogen) atoms. The van der Waals surface area contributed by atoms with Crippen LogP contribution >= 0.6 is 10.0 Å². The zero-order chi connectivity index (χ0) is 10.3. The van der Waals surface area contributed by atoms with Crippen molar-refractivity contribution in [3.05, 3.63) is 0 Å². The summed E-state index contributed by atoms with van der Waals surface area (Å²) in [6.45, 7) is 2.21. The molecular formula is C10H24N2S. The zero-order valence-electron chi connectivity index (χ0n) is 9.63. The first-order valence-corrected chi connectivity index (χ1v) is 7.84. The Labute approximate surface area is 84.5 Å². The standard InChI is InChI=1S/C10H24N2S/c1-6-7-10(8-11-2)12-9-13(3,4)5/h8,10,12H,6-7,9H2,1-5H3. The minimum atomic E-state index is -0.429. The van der Waals surface area contributed by atoms with Gasteiger partial charge in [-0.15, -0.1) is 0 Å². The van der Waals surface area contributed by atoms with Crippen LogP contribution in [0.2, 0.25) is 0 Å². The van der Waals surface area contributed by atoms with Crippen LogP contribution in [0.4, 0.5) is 0 Å². The lowest BCUT2D eigenvalue weighted by molar-refractivity contribution is 0.628. The molecule has 0 saturated heterocycles. The molecule has 0 aliphatic rings. The van der Waals surface area contributed by atoms with E-state index in [0.29, 0.717) is 6.04 Å². The van der Waals surface area contributed by atoms with Gasteiger partial charge in [0.25, 0.3) is 0 Å². The summed E-state index contributed by atoms with van der Waals surface area (Å²) in [6, 6.07) is 0.474. The third-order valence-electron chi connectivity index (χ3n) is 1.71. The smallest absolute Gasteiger partial charge is 0.0425 e. The van der Waals surface area contributed by atoms with E-state index in [-0.39, 0.29) is 0 Å². The van der Waals surface area contributed by atoms with Crippen molar-refractivity contribution in [1.82, 2.24) is 5.32 Å². The van der Waals surface area contributed by atoms with E-state index in [1.807, 2.05) is 13.3 Å². The SMILES string of the molecule is CCCC(C=NC)NCS(C)(C)C. The molecule has 0 aromatic heterocycles. The summed E-state index contributed by atoms with van der Waals surface area (Å²) in [6.07, 6.45) is 11.4. The Morgan fingerprint density at radius 1 is 1.38 bits per heavy atom. The normalized spacial score (nSPS) is 16.4. The summed E-state index contributed by atoms with van der Waals surface area (Å²) < 4.78 is 0. The maximum atomic E-state index is 4.08. The number of nitrogens with one attached hydrogen (secondary N) is 1. The summed E-state index contributed by atoms with van der Waals surface area (Å²) in [5, 5.41) is 3.55. The molecule has 0 rings (SSSR count). The molecule has 3 heteroatoms. The highest BCUT2D eigenvalue weighted by Gasteiger charge is 2.07. The Morgan fingerprint density at radius 2 is 2.00 bits per heavy atom. The van der Waals surface area contributed by atoms with E-state index in [4.69, 9.17) is 0 Å². The lowest BCUT2D eigenvalue weighted by Crippen LogP contribution is -2.32. The molecular weight excluding hydrogens is 180 g/mol. The number of aliphatic imine (C=N–C) groups is 1. The van der Waals surface area contributed by atoms with Crippen LogP contribution in [-0.4, -0.2) is 43.9 Å². The molecule has 0 aliphatic carbocycles. The first-order valence-electron chi connectivity index (χ1n) is 4.81. The summed E-state index contributed by atoms with van der Waals surface area (Å²) in [4.78, 5) is 4.08. The molecule has 0 heterocycles. The van der Waals surface area contributed by atoms with Crippen LogP contribution in [0.25, 0.3) is 0 Å². The topological polar surface area (TPSA) is 24.4 Å². The third kappa shape index (κ3) is 8.31. The molecule has 1 atom stereocenters. The maximum Gasteiger partial charge on any atom is 0.0425 e. The van der Waals surface area contributed by atoms with Crippen molar-refractivity contribution in [3.63, 3.8) is 0 Å². The van der Waals surface area contributed by atoms with Gasteiger partial charge in [-0.3, -0.25) is 4.99 Å². The third-order valence-corrected chi connectivity index (χ3v) is 2.74. The average molecular weight is 204 g/mol. The molecule has 80 valence electrons. The van der Waals surface area contributed by atoms with Gasteiger partial charge >= 0.3 is 0 Å². The first kappa shape index (κ1) is 13.0. The molecule has 1 N–H and O–H groups in total. The molecule has 0 aromatic rings. The highest BCUT2D eigenvalue weighted by molar-refractivity contribution is 8.32. The molecule has 0 saturated carbocycles. The fraction of sp³-hybridized carbons (Fsp3) is 0.900. The predicted octanol–water partition coefficient (Wildman–Crippen LogP) is 2.10. The minimum absolute atomic E-state index is 0.429. The van der Waals surface area contributed by atoms with Gasteiger partial charge in [-0.2, -0.15) is 0 Å². The first-order chi connectivity index (χ1) is 5.99. The van der Waals surface area contributed by atoms with Crippen LogP contribution in [0.1, 0.15) is 19.8 Å². The van der Waals surface area contributed by atoms with Crippen molar-refractivity contribution < 1.29 is 0 Å². The second-order valence-electron chi connectivity index (χ2n) is 4.24. The van der Waals surface area contributed by atoms with Crippen molar-refractivity contribution >= 4 is 16.2 Å². The van der Waals surface area contributed by atoms with E-state index >= 15 is 0 Å². The zero-order valence-corrected chi connectivity index (χ0v) is 10.4. The number of nitrogens with zero attached hydrogens (tertiary/aromatic N) is 1. The maximum absolute atomic E-state index is 4.08.